The van der Waals surface area contributed by atoms with Gasteiger partial charge in [-0.1, -0.05) is 99.0 Å². The number of thiazole rings is 1. The van der Waals surface area contributed by atoms with E-state index in [1.54, 1.807) is 12.1 Å². The van der Waals surface area contributed by atoms with E-state index in [1.807, 2.05) is 47.0 Å². The number of halogens is 4. The molecular weight excluding hydrogens is 731 g/mol. The summed E-state index contributed by atoms with van der Waals surface area (Å²) in [6, 6.07) is 27.6. The zero-order valence-corrected chi connectivity index (χ0v) is 28.0. The fraction of sp³-hybridized carbons (Fsp3) is 0.118. The summed E-state index contributed by atoms with van der Waals surface area (Å²) in [6.45, 7) is 0.302. The Bertz CT molecular complexity index is 2120. The van der Waals surface area contributed by atoms with Crippen molar-refractivity contribution in [2.75, 3.05) is 0 Å². The van der Waals surface area contributed by atoms with E-state index in [4.69, 9.17) is 32.9 Å². The molecule has 7 rings (SSSR count). The van der Waals surface area contributed by atoms with Gasteiger partial charge in [-0.15, -0.1) is 0 Å². The van der Waals surface area contributed by atoms with Gasteiger partial charge in [-0.2, -0.15) is 0 Å². The van der Waals surface area contributed by atoms with E-state index in [1.165, 1.54) is 22.5 Å². The predicted molar refractivity (Wildman–Crippen MR) is 182 cm³/mol. The van der Waals surface area contributed by atoms with E-state index in [2.05, 4.69) is 68.3 Å². The average molecular weight is 753 g/mol. The first-order valence-corrected chi connectivity index (χ1v) is 16.8. The van der Waals surface area contributed by atoms with Crippen LogP contribution in [-0.4, -0.2) is 4.57 Å². The second-order valence-electron chi connectivity index (χ2n) is 10.4. The molecule has 0 bridgehead atoms. The Balaban J connectivity index is 1.28. The van der Waals surface area contributed by atoms with Gasteiger partial charge in [-0.25, -0.2) is 4.99 Å². The highest BCUT2D eigenvalue weighted by molar-refractivity contribution is 9.10. The molecule has 4 aromatic carbocycles. The van der Waals surface area contributed by atoms with Crippen LogP contribution in [0.1, 0.15) is 40.3 Å². The van der Waals surface area contributed by atoms with Crippen LogP contribution in [0.4, 0.5) is 0 Å². The summed E-state index contributed by atoms with van der Waals surface area (Å²) < 4.78 is 10.3. The van der Waals surface area contributed by atoms with Crippen LogP contribution in [0.5, 0.6) is 5.75 Å². The first-order chi connectivity index (χ1) is 20.9. The topological polar surface area (TPSA) is 43.6 Å². The van der Waals surface area contributed by atoms with Gasteiger partial charge < -0.3 is 4.74 Å². The molecule has 2 heterocycles. The summed E-state index contributed by atoms with van der Waals surface area (Å²) in [5.41, 5.74) is 7.38. The molecule has 9 heteroatoms. The van der Waals surface area contributed by atoms with Crippen molar-refractivity contribution in [3.8, 4) is 5.75 Å². The third-order valence-electron chi connectivity index (χ3n) is 7.71. The minimum Gasteiger partial charge on any atom is -0.488 e. The highest BCUT2D eigenvalue weighted by Crippen LogP contribution is 2.41. The molecule has 0 unspecified atom stereocenters. The molecule has 214 valence electrons. The van der Waals surface area contributed by atoms with Crippen molar-refractivity contribution in [3.63, 3.8) is 0 Å². The normalized spacial score (nSPS) is 15.9. The number of benzene rings is 4. The Labute approximate surface area is 278 Å². The average Bonchev–Trinajstić information content (AvgIpc) is 3.31. The fourth-order valence-electron chi connectivity index (χ4n) is 5.64. The molecule has 4 nitrogen and oxygen atoms in total. The zero-order valence-electron chi connectivity index (χ0n) is 22.5. The number of fused-ring (bicyclic) bond motifs is 3. The summed E-state index contributed by atoms with van der Waals surface area (Å²) >= 11 is 20.9. The number of nitrogens with zero attached hydrogens (tertiary/aromatic N) is 2. The van der Waals surface area contributed by atoms with Crippen LogP contribution in [-0.2, 0) is 13.0 Å². The summed E-state index contributed by atoms with van der Waals surface area (Å²) in [4.78, 5) is 19.9. The number of hydrogen-bond donors (Lipinski definition) is 0. The lowest BCUT2D eigenvalue weighted by Gasteiger charge is -2.30. The van der Waals surface area contributed by atoms with Crippen molar-refractivity contribution in [1.29, 1.82) is 0 Å². The highest BCUT2D eigenvalue weighted by Gasteiger charge is 2.32. The van der Waals surface area contributed by atoms with Gasteiger partial charge >= 0.3 is 0 Å². The molecule has 0 radical (unpaired) electrons. The number of allylic oxidation sites excluding steroid dienone is 1. The Morgan fingerprint density at radius 1 is 0.977 bits per heavy atom. The monoisotopic (exact) mass is 750 g/mol. The molecule has 0 saturated carbocycles. The van der Waals surface area contributed by atoms with E-state index in [9.17, 15) is 4.79 Å². The lowest BCUT2D eigenvalue weighted by Crippen LogP contribution is -2.38. The second-order valence-corrected chi connectivity index (χ2v) is 14.0. The van der Waals surface area contributed by atoms with Crippen LogP contribution in [0.25, 0.3) is 11.8 Å². The minimum absolute atomic E-state index is 0.0455. The molecule has 5 aromatic rings. The van der Waals surface area contributed by atoms with Gasteiger partial charge in [-0.3, -0.25) is 9.36 Å². The van der Waals surface area contributed by atoms with Crippen LogP contribution in [0.2, 0.25) is 10.0 Å². The van der Waals surface area contributed by atoms with Gasteiger partial charge in [0.2, 0.25) is 0 Å². The maximum Gasteiger partial charge on any atom is 0.271 e. The van der Waals surface area contributed by atoms with E-state index in [0.29, 0.717) is 31.7 Å². The molecule has 0 fully saturated rings. The van der Waals surface area contributed by atoms with Crippen molar-refractivity contribution in [3.05, 3.63) is 157 Å². The van der Waals surface area contributed by atoms with Crippen molar-refractivity contribution < 1.29 is 4.74 Å². The smallest absolute Gasteiger partial charge is 0.271 e. The van der Waals surface area contributed by atoms with Crippen molar-refractivity contribution >= 4 is 78.2 Å². The Kier molecular flexibility index (Phi) is 7.95. The van der Waals surface area contributed by atoms with Gasteiger partial charge in [0, 0.05) is 25.6 Å². The van der Waals surface area contributed by atoms with Gasteiger partial charge in [-0.05, 0) is 93.5 Å². The maximum absolute atomic E-state index is 14.0. The molecule has 1 aliphatic heterocycles. The van der Waals surface area contributed by atoms with Crippen LogP contribution in [0, 0.1) is 0 Å². The van der Waals surface area contributed by atoms with Crippen LogP contribution < -0.4 is 19.6 Å². The quantitative estimate of drug-likeness (QED) is 0.180. The van der Waals surface area contributed by atoms with Crippen LogP contribution in [0.15, 0.2) is 109 Å². The molecule has 43 heavy (non-hydrogen) atoms. The SMILES string of the molecule is O=c1/c(=C\c2ccc(OCc3ccc(Cl)cc3Cl)c(Br)c2)sc2n1[C@@H](c1ccc(Br)cc1)C1=C(N=2)c2ccccc2CC1. The van der Waals surface area contributed by atoms with E-state index >= 15 is 0 Å². The van der Waals surface area contributed by atoms with Crippen LogP contribution >= 0.6 is 66.4 Å². The van der Waals surface area contributed by atoms with E-state index in [0.717, 1.165) is 49.7 Å². The molecule has 1 aliphatic carbocycles. The zero-order chi connectivity index (χ0) is 29.7. The van der Waals surface area contributed by atoms with Crippen molar-refractivity contribution in [1.82, 2.24) is 4.57 Å². The largest absolute Gasteiger partial charge is 0.488 e. The van der Waals surface area contributed by atoms with Crippen molar-refractivity contribution in [2.45, 2.75) is 25.5 Å². The number of ether oxygens (including phenoxy) is 1. The fourth-order valence-corrected chi connectivity index (χ4v) is 7.88. The molecular formula is C34H22Br2Cl2N2O2S. The standard InChI is InChI=1S/C34H22Br2Cl2N2O2S/c35-23-10-6-21(7-11-23)32-26-13-9-20-3-1-2-4-25(20)31(26)39-34-40(32)33(41)30(43-34)16-19-5-14-29(27(36)15-19)42-18-22-8-12-24(37)17-28(22)38/h1-8,10-12,14-17,32H,9,13,18H2/b30-16+/t32-/m0/s1. The lowest BCUT2D eigenvalue weighted by atomic mass is 9.83. The Morgan fingerprint density at radius 2 is 1.79 bits per heavy atom. The van der Waals surface area contributed by atoms with Gasteiger partial charge in [0.05, 0.1) is 20.7 Å². The number of rotatable bonds is 5. The van der Waals surface area contributed by atoms with Gasteiger partial charge in [0.25, 0.3) is 5.56 Å². The molecule has 0 spiro atoms. The minimum atomic E-state index is -0.211. The van der Waals surface area contributed by atoms with E-state index in [-0.39, 0.29) is 11.6 Å². The van der Waals surface area contributed by atoms with E-state index < -0.39 is 0 Å². The lowest BCUT2D eigenvalue weighted by molar-refractivity contribution is 0.304. The molecule has 0 amide bonds. The Hall–Kier alpha value is -2.94. The third kappa shape index (κ3) is 5.58. The summed E-state index contributed by atoms with van der Waals surface area (Å²) in [5.74, 6) is 0.672. The molecule has 0 N–H and O–H groups in total. The predicted octanol–water partition coefficient (Wildman–Crippen LogP) is 8.73. The number of hydrogen-bond acceptors (Lipinski definition) is 4. The third-order valence-corrected chi connectivity index (χ3v) is 10.4. The van der Waals surface area contributed by atoms with Gasteiger partial charge in [0.1, 0.15) is 12.4 Å². The van der Waals surface area contributed by atoms with Crippen molar-refractivity contribution in [2.24, 2.45) is 4.99 Å². The molecule has 1 atom stereocenters. The highest BCUT2D eigenvalue weighted by atomic mass is 79.9. The number of aromatic nitrogens is 1. The first-order valence-electron chi connectivity index (χ1n) is 13.6. The molecule has 1 aromatic heterocycles. The molecule has 2 aliphatic rings. The maximum atomic E-state index is 14.0. The van der Waals surface area contributed by atoms with Gasteiger partial charge in [0.15, 0.2) is 4.80 Å². The summed E-state index contributed by atoms with van der Waals surface area (Å²) in [5, 5.41) is 1.14. The summed E-state index contributed by atoms with van der Waals surface area (Å²) in [6.07, 6.45) is 3.70. The van der Waals surface area contributed by atoms with Crippen LogP contribution in [0.3, 0.4) is 0 Å². The summed E-state index contributed by atoms with van der Waals surface area (Å²) in [7, 11) is 0. The molecule has 0 saturated heterocycles. The number of aryl methyl sites for hydroxylation is 1. The second kappa shape index (κ2) is 11.9. The first kappa shape index (κ1) is 28.8. The Morgan fingerprint density at radius 3 is 2.58 bits per heavy atom.